The molecule has 0 saturated carbocycles. The molecule has 244 valence electrons. The molecule has 0 radical (unpaired) electrons. The molecule has 0 bridgehead atoms. The highest BCUT2D eigenvalue weighted by Gasteiger charge is 2.01. The van der Waals surface area contributed by atoms with Gasteiger partial charge in [0.1, 0.15) is 18.9 Å². The normalized spacial score (nSPS) is 10.2. The van der Waals surface area contributed by atoms with E-state index < -0.39 is 0 Å². The summed E-state index contributed by atoms with van der Waals surface area (Å²) in [5.41, 5.74) is 0. The van der Waals surface area contributed by atoms with Gasteiger partial charge in [0.05, 0.1) is 12.9 Å². The summed E-state index contributed by atoms with van der Waals surface area (Å²) in [5.74, 6) is 0. The number of hydrogen-bond donors (Lipinski definition) is 0. The summed E-state index contributed by atoms with van der Waals surface area (Å²) in [6.07, 6.45) is 44.0. The van der Waals surface area contributed by atoms with Gasteiger partial charge in [-0.1, -0.05) is 158 Å². The van der Waals surface area contributed by atoms with Gasteiger partial charge >= 0.3 is 0 Å². The Morgan fingerprint density at radius 1 is 0.643 bits per heavy atom. The summed E-state index contributed by atoms with van der Waals surface area (Å²) in [6, 6.07) is 0. The molecule has 0 fully saturated rings. The van der Waals surface area contributed by atoms with Gasteiger partial charge in [-0.15, -0.1) is 6.58 Å². The molecule has 0 aromatic carbocycles. The van der Waals surface area contributed by atoms with Crippen molar-refractivity contribution in [1.82, 2.24) is 14.1 Å². The molecule has 0 saturated heterocycles. The Balaban J connectivity index is 0. The Labute approximate surface area is 280 Å². The molecule has 0 aliphatic carbocycles. The van der Waals surface area contributed by atoms with Gasteiger partial charge in [0.2, 0.25) is 6.33 Å². The molecule has 2 rings (SSSR count). The number of unbranched alkanes of at least 4 members (excludes halogenated alkanes) is 18. The van der Waals surface area contributed by atoms with Crippen LogP contribution in [0.1, 0.15) is 142 Å². The third-order valence-electron chi connectivity index (χ3n) is 7.24. The molecule has 0 aliphatic heterocycles. The molecule has 0 spiro atoms. The maximum Gasteiger partial charge on any atom is 0.244 e. The number of imidazole rings is 2. The van der Waals surface area contributed by atoms with Crippen molar-refractivity contribution in [2.45, 2.75) is 162 Å². The first-order chi connectivity index (χ1) is 20.2. The third-order valence-corrected chi connectivity index (χ3v) is 7.80. The standard InChI is InChI=1S/C18H33N2.C12H25Br.C6H8N2.BrH/c1-3-5-6-7-8-9-10-11-12-13-15-20-17-16-19(18-20)14-4-2;1-2-3-4-5-6-7-8-9-10-11-12-13;1-2-4-8-5-3-7-6-8;/h4,16-18H,2-3,5-15H2,1H3;2-12H2,1H3;2-3,5-6H,1,4H2;1H/q+1;;;/p-1. The van der Waals surface area contributed by atoms with E-state index in [9.17, 15) is 0 Å². The predicted molar refractivity (Wildman–Crippen MR) is 185 cm³/mol. The van der Waals surface area contributed by atoms with Gasteiger partial charge in [-0.3, -0.25) is 0 Å². The number of hydrogen-bond acceptors (Lipinski definition) is 1. The molecule has 0 atom stereocenters. The topological polar surface area (TPSA) is 26.6 Å². The Hall–Kier alpha value is -1.14. The van der Waals surface area contributed by atoms with Gasteiger partial charge in [-0.2, -0.15) is 0 Å². The van der Waals surface area contributed by atoms with Gasteiger partial charge in [0, 0.05) is 24.3 Å². The molecule has 42 heavy (non-hydrogen) atoms. The summed E-state index contributed by atoms with van der Waals surface area (Å²) in [5, 5.41) is 1.18. The highest BCUT2D eigenvalue weighted by atomic mass is 79.9. The van der Waals surface area contributed by atoms with Crippen LogP contribution in [0, 0.1) is 0 Å². The first-order valence-corrected chi connectivity index (χ1v) is 18.1. The largest absolute Gasteiger partial charge is 1.00 e. The molecule has 0 N–H and O–H groups in total. The van der Waals surface area contributed by atoms with Crippen LogP contribution in [0.25, 0.3) is 0 Å². The van der Waals surface area contributed by atoms with Crippen molar-refractivity contribution in [2.24, 2.45) is 0 Å². The fraction of sp³-hybridized carbons (Fsp3) is 0.722. The van der Waals surface area contributed by atoms with Crippen molar-refractivity contribution in [2.75, 3.05) is 5.33 Å². The Morgan fingerprint density at radius 2 is 1.10 bits per heavy atom. The number of allylic oxidation sites excluding steroid dienone is 2. The second kappa shape index (κ2) is 36.1. The zero-order valence-electron chi connectivity index (χ0n) is 27.5. The van der Waals surface area contributed by atoms with Crippen LogP contribution in [0.2, 0.25) is 0 Å². The van der Waals surface area contributed by atoms with Crippen molar-refractivity contribution in [3.05, 3.63) is 62.8 Å². The summed E-state index contributed by atoms with van der Waals surface area (Å²) in [7, 11) is 0. The minimum Gasteiger partial charge on any atom is -1.00 e. The van der Waals surface area contributed by atoms with E-state index in [1.165, 1.54) is 134 Å². The van der Waals surface area contributed by atoms with Gasteiger partial charge in [-0.05, 0) is 19.3 Å². The summed E-state index contributed by atoms with van der Waals surface area (Å²) in [6.45, 7) is 14.8. The number of alkyl halides is 1. The van der Waals surface area contributed by atoms with Gasteiger partial charge in [0.25, 0.3) is 0 Å². The molecule has 2 aromatic rings. The maximum absolute atomic E-state index is 3.86. The first-order valence-electron chi connectivity index (χ1n) is 17.0. The van der Waals surface area contributed by atoms with Crippen molar-refractivity contribution < 1.29 is 21.5 Å². The Morgan fingerprint density at radius 3 is 1.52 bits per heavy atom. The monoisotopic (exact) mass is 712 g/mol. The van der Waals surface area contributed by atoms with Crippen LogP contribution in [0.5, 0.6) is 0 Å². The van der Waals surface area contributed by atoms with E-state index >= 15 is 0 Å². The average Bonchev–Trinajstić information content (AvgIpc) is 3.67. The molecular formula is C36H66Br2N4. The van der Waals surface area contributed by atoms with Crippen LogP contribution in [-0.4, -0.2) is 19.4 Å². The number of nitrogens with zero attached hydrogens (tertiary/aromatic N) is 4. The molecular weight excluding hydrogens is 648 g/mol. The van der Waals surface area contributed by atoms with Crippen molar-refractivity contribution in [3.8, 4) is 0 Å². The van der Waals surface area contributed by atoms with E-state index in [1.54, 1.807) is 12.5 Å². The summed E-state index contributed by atoms with van der Waals surface area (Å²) < 4.78 is 6.41. The summed E-state index contributed by atoms with van der Waals surface area (Å²) >= 11 is 3.46. The lowest BCUT2D eigenvalue weighted by molar-refractivity contribution is -0.696. The number of rotatable bonds is 25. The van der Waals surface area contributed by atoms with E-state index in [2.05, 4.69) is 75.8 Å². The molecule has 2 heterocycles. The van der Waals surface area contributed by atoms with E-state index in [0.717, 1.165) is 19.6 Å². The van der Waals surface area contributed by atoms with Crippen molar-refractivity contribution >= 4 is 15.9 Å². The molecule has 6 heteroatoms. The quantitative estimate of drug-likeness (QED) is 0.0441. The first kappa shape index (κ1) is 43.0. The van der Waals surface area contributed by atoms with Gasteiger partial charge in [0.15, 0.2) is 0 Å². The highest BCUT2D eigenvalue weighted by Crippen LogP contribution is 2.11. The zero-order chi connectivity index (χ0) is 30.1. The van der Waals surface area contributed by atoms with Crippen LogP contribution in [0.15, 0.2) is 62.8 Å². The molecule has 2 aromatic heterocycles. The summed E-state index contributed by atoms with van der Waals surface area (Å²) in [4.78, 5) is 3.86. The fourth-order valence-corrected chi connectivity index (χ4v) is 5.13. The average molecular weight is 715 g/mol. The fourth-order valence-electron chi connectivity index (χ4n) is 4.74. The van der Waals surface area contributed by atoms with Crippen LogP contribution < -0.4 is 21.5 Å². The van der Waals surface area contributed by atoms with Crippen molar-refractivity contribution in [3.63, 3.8) is 0 Å². The molecule has 0 aliphatic rings. The number of aryl methyl sites for hydroxylation is 1. The van der Waals surface area contributed by atoms with Gasteiger partial charge < -0.3 is 21.5 Å². The molecule has 0 unspecified atom stereocenters. The highest BCUT2D eigenvalue weighted by molar-refractivity contribution is 9.09. The lowest BCUT2D eigenvalue weighted by Crippen LogP contribution is -3.00. The molecule has 0 amide bonds. The second-order valence-electron chi connectivity index (χ2n) is 11.2. The van der Waals surface area contributed by atoms with E-state index in [-0.39, 0.29) is 17.0 Å². The second-order valence-corrected chi connectivity index (χ2v) is 12.0. The number of halogens is 2. The minimum atomic E-state index is 0. The zero-order valence-corrected chi connectivity index (χ0v) is 30.7. The van der Waals surface area contributed by atoms with E-state index in [1.807, 2.05) is 22.9 Å². The van der Waals surface area contributed by atoms with Crippen LogP contribution in [0.3, 0.4) is 0 Å². The predicted octanol–water partition coefficient (Wildman–Crippen LogP) is 8.26. The molecule has 4 nitrogen and oxygen atoms in total. The van der Waals surface area contributed by atoms with Gasteiger partial charge in [-0.25, -0.2) is 14.1 Å². The Kier molecular flexibility index (Phi) is 36.9. The minimum absolute atomic E-state index is 0. The smallest absolute Gasteiger partial charge is 0.244 e. The lowest BCUT2D eigenvalue weighted by atomic mass is 10.1. The third kappa shape index (κ3) is 30.3. The SMILES string of the molecule is C=CCn1cc[n+](CCCCCCCCCCCC)c1.C=CCn1ccnc1.CCCCCCCCCCCCBr.[Br-]. The van der Waals surface area contributed by atoms with Crippen LogP contribution in [0.4, 0.5) is 0 Å². The Bertz CT molecular complexity index is 763. The van der Waals surface area contributed by atoms with E-state index in [0.29, 0.717) is 0 Å². The maximum atomic E-state index is 3.86. The van der Waals surface area contributed by atoms with E-state index in [4.69, 9.17) is 0 Å². The van der Waals surface area contributed by atoms with Crippen LogP contribution in [-0.2, 0) is 19.6 Å². The van der Waals surface area contributed by atoms with Crippen molar-refractivity contribution in [1.29, 1.82) is 0 Å². The number of aromatic nitrogens is 4. The lowest BCUT2D eigenvalue weighted by Gasteiger charge is -2.01. The van der Waals surface area contributed by atoms with Crippen LogP contribution >= 0.6 is 15.9 Å².